The zero-order chi connectivity index (χ0) is 11.5. The molecule has 1 unspecified atom stereocenters. The normalized spacial score (nSPS) is 14.5. The number of hydrogen-bond donors (Lipinski definition) is 1. The molecule has 0 heterocycles. The summed E-state index contributed by atoms with van der Waals surface area (Å²) in [5, 5.41) is 20.0. The Morgan fingerprint density at radius 2 is 1.93 bits per heavy atom. The van der Waals surface area contributed by atoms with Crippen LogP contribution in [0.2, 0.25) is 0 Å². The topological polar surface area (TPSA) is 63.4 Å². The molecule has 1 atom stereocenters. The van der Waals surface area contributed by atoms with Crippen LogP contribution in [-0.2, 0) is 6.42 Å². The number of hydrogen-bond acceptors (Lipinski definition) is 3. The molecule has 0 aromatic heterocycles. The molecule has 0 radical (unpaired) electrons. The predicted molar refractivity (Wildman–Crippen MR) is 57.5 cm³/mol. The second-order valence-electron chi connectivity index (χ2n) is 3.95. The maximum absolute atomic E-state index is 10.9. The molecule has 0 fully saturated rings. The van der Waals surface area contributed by atoms with Crippen molar-refractivity contribution in [3.63, 3.8) is 0 Å². The lowest BCUT2D eigenvalue weighted by Crippen LogP contribution is -2.36. The predicted octanol–water partition coefficient (Wildman–Crippen LogP) is 2.38. The van der Waals surface area contributed by atoms with Gasteiger partial charge in [-0.1, -0.05) is 19.1 Å². The molecule has 0 aliphatic carbocycles. The van der Waals surface area contributed by atoms with Gasteiger partial charge in [-0.3, -0.25) is 10.1 Å². The van der Waals surface area contributed by atoms with Crippen molar-refractivity contribution in [3.05, 3.63) is 39.9 Å². The lowest BCUT2D eigenvalue weighted by molar-refractivity contribution is -0.565. The van der Waals surface area contributed by atoms with Crippen LogP contribution in [0.1, 0.15) is 25.8 Å². The summed E-state index contributed by atoms with van der Waals surface area (Å²) in [4.78, 5) is 10.6. The van der Waals surface area contributed by atoms with Crippen molar-refractivity contribution in [3.8, 4) is 5.75 Å². The highest BCUT2D eigenvalue weighted by Crippen LogP contribution is 2.21. The number of phenols is 1. The van der Waals surface area contributed by atoms with E-state index in [1.807, 2.05) is 6.92 Å². The Labute approximate surface area is 88.7 Å². The zero-order valence-electron chi connectivity index (χ0n) is 8.93. The van der Waals surface area contributed by atoms with E-state index in [1.54, 1.807) is 31.2 Å². The van der Waals surface area contributed by atoms with Gasteiger partial charge in [0.2, 0.25) is 5.54 Å². The lowest BCUT2D eigenvalue weighted by atomic mass is 9.91. The molecule has 0 bridgehead atoms. The standard InChI is InChI=1S/C11H15NO3/c1-3-11(2,12(14)15)8-9-4-6-10(13)7-5-9/h4-7,13H,3,8H2,1-2H3. The van der Waals surface area contributed by atoms with Crippen molar-refractivity contribution in [1.29, 1.82) is 0 Å². The summed E-state index contributed by atoms with van der Waals surface area (Å²) in [6.45, 7) is 3.45. The molecule has 0 amide bonds. The third-order valence-corrected chi connectivity index (χ3v) is 2.72. The van der Waals surface area contributed by atoms with Gasteiger partial charge in [0, 0.05) is 24.7 Å². The molecule has 4 heteroatoms. The van der Waals surface area contributed by atoms with Crippen LogP contribution in [0.25, 0.3) is 0 Å². The van der Waals surface area contributed by atoms with Crippen LogP contribution in [0.3, 0.4) is 0 Å². The Hall–Kier alpha value is -1.58. The van der Waals surface area contributed by atoms with Gasteiger partial charge in [0.05, 0.1) is 0 Å². The number of benzene rings is 1. The molecule has 0 aliphatic rings. The quantitative estimate of drug-likeness (QED) is 0.611. The SMILES string of the molecule is CCC(C)(Cc1ccc(O)cc1)[N+](=O)[O-]. The van der Waals surface area contributed by atoms with Gasteiger partial charge in [0.1, 0.15) is 5.75 Å². The Morgan fingerprint density at radius 1 is 1.40 bits per heavy atom. The first-order valence-corrected chi connectivity index (χ1v) is 4.90. The number of nitrogens with zero attached hydrogens (tertiary/aromatic N) is 1. The largest absolute Gasteiger partial charge is 0.508 e. The lowest BCUT2D eigenvalue weighted by Gasteiger charge is -2.18. The number of rotatable bonds is 4. The second-order valence-corrected chi connectivity index (χ2v) is 3.95. The van der Waals surface area contributed by atoms with Gasteiger partial charge < -0.3 is 5.11 Å². The summed E-state index contributed by atoms with van der Waals surface area (Å²) < 4.78 is 0. The maximum atomic E-state index is 10.9. The van der Waals surface area contributed by atoms with Crippen LogP contribution >= 0.6 is 0 Å². The van der Waals surface area contributed by atoms with Crippen molar-refractivity contribution in [2.45, 2.75) is 32.2 Å². The van der Waals surface area contributed by atoms with Crippen molar-refractivity contribution < 1.29 is 10.0 Å². The van der Waals surface area contributed by atoms with E-state index in [-0.39, 0.29) is 10.7 Å². The molecule has 4 nitrogen and oxygen atoms in total. The minimum atomic E-state index is -0.920. The Kier molecular flexibility index (Phi) is 3.29. The maximum Gasteiger partial charge on any atom is 0.223 e. The van der Waals surface area contributed by atoms with Gasteiger partial charge in [-0.05, 0) is 17.7 Å². The van der Waals surface area contributed by atoms with E-state index >= 15 is 0 Å². The van der Waals surface area contributed by atoms with Crippen molar-refractivity contribution in [2.75, 3.05) is 0 Å². The summed E-state index contributed by atoms with van der Waals surface area (Å²) in [6.07, 6.45) is 0.873. The van der Waals surface area contributed by atoms with Crippen LogP contribution in [0.15, 0.2) is 24.3 Å². The molecule has 0 saturated carbocycles. The van der Waals surface area contributed by atoms with E-state index in [9.17, 15) is 10.1 Å². The molecule has 1 N–H and O–H groups in total. The first-order valence-electron chi connectivity index (χ1n) is 4.90. The van der Waals surface area contributed by atoms with E-state index in [0.29, 0.717) is 12.8 Å². The molecule has 0 aliphatic heterocycles. The zero-order valence-corrected chi connectivity index (χ0v) is 8.93. The Balaban J connectivity index is 2.84. The molecular weight excluding hydrogens is 194 g/mol. The minimum absolute atomic E-state index is 0.179. The molecular formula is C11H15NO3. The average molecular weight is 209 g/mol. The third-order valence-electron chi connectivity index (χ3n) is 2.72. The van der Waals surface area contributed by atoms with Crippen LogP contribution in [-0.4, -0.2) is 15.6 Å². The number of aromatic hydroxyl groups is 1. The van der Waals surface area contributed by atoms with Crippen LogP contribution in [0, 0.1) is 10.1 Å². The first-order chi connectivity index (χ1) is 6.98. The summed E-state index contributed by atoms with van der Waals surface area (Å²) in [5.74, 6) is 0.179. The van der Waals surface area contributed by atoms with Gasteiger partial charge in [-0.15, -0.1) is 0 Å². The highest BCUT2D eigenvalue weighted by Gasteiger charge is 2.34. The summed E-state index contributed by atoms with van der Waals surface area (Å²) in [5.41, 5.74) is -0.0504. The minimum Gasteiger partial charge on any atom is -0.508 e. The summed E-state index contributed by atoms with van der Waals surface area (Å²) in [7, 11) is 0. The molecule has 0 saturated heterocycles. The van der Waals surface area contributed by atoms with Gasteiger partial charge in [0.25, 0.3) is 0 Å². The molecule has 0 spiro atoms. The number of phenolic OH excluding ortho intramolecular Hbond substituents is 1. The molecule has 1 aromatic carbocycles. The van der Waals surface area contributed by atoms with E-state index < -0.39 is 5.54 Å². The van der Waals surface area contributed by atoms with E-state index in [0.717, 1.165) is 5.56 Å². The number of nitro groups is 1. The van der Waals surface area contributed by atoms with E-state index in [2.05, 4.69) is 0 Å². The van der Waals surface area contributed by atoms with Crippen LogP contribution < -0.4 is 0 Å². The van der Waals surface area contributed by atoms with Gasteiger partial charge in [-0.2, -0.15) is 0 Å². The van der Waals surface area contributed by atoms with Gasteiger partial charge in [-0.25, -0.2) is 0 Å². The average Bonchev–Trinajstić information content (AvgIpc) is 2.21. The fourth-order valence-electron chi connectivity index (χ4n) is 1.37. The molecule has 15 heavy (non-hydrogen) atoms. The van der Waals surface area contributed by atoms with Gasteiger partial charge in [0.15, 0.2) is 0 Å². The van der Waals surface area contributed by atoms with E-state index in [4.69, 9.17) is 5.11 Å². The van der Waals surface area contributed by atoms with Crippen molar-refractivity contribution >= 4 is 0 Å². The van der Waals surface area contributed by atoms with E-state index in [1.165, 1.54) is 0 Å². The van der Waals surface area contributed by atoms with Gasteiger partial charge >= 0.3 is 0 Å². The first kappa shape index (κ1) is 11.5. The fourth-order valence-corrected chi connectivity index (χ4v) is 1.37. The van der Waals surface area contributed by atoms with Crippen LogP contribution in [0.5, 0.6) is 5.75 Å². The summed E-state index contributed by atoms with van der Waals surface area (Å²) >= 11 is 0. The van der Waals surface area contributed by atoms with Crippen molar-refractivity contribution in [1.82, 2.24) is 0 Å². The van der Waals surface area contributed by atoms with Crippen LogP contribution in [0.4, 0.5) is 0 Å². The second kappa shape index (κ2) is 4.29. The van der Waals surface area contributed by atoms with Crippen molar-refractivity contribution in [2.24, 2.45) is 0 Å². The smallest absolute Gasteiger partial charge is 0.223 e. The summed E-state index contributed by atoms with van der Waals surface area (Å²) in [6, 6.07) is 6.52. The fraction of sp³-hybridized carbons (Fsp3) is 0.455. The Bertz CT molecular complexity index is 347. The third kappa shape index (κ3) is 2.68. The molecule has 82 valence electrons. The highest BCUT2D eigenvalue weighted by molar-refractivity contribution is 5.26. The molecule has 1 rings (SSSR count). The molecule has 1 aromatic rings. The monoisotopic (exact) mass is 209 g/mol. The highest BCUT2D eigenvalue weighted by atomic mass is 16.6. The Morgan fingerprint density at radius 3 is 2.33 bits per heavy atom.